The minimum absolute atomic E-state index is 0.0118. The minimum atomic E-state index is -3.75. The summed E-state index contributed by atoms with van der Waals surface area (Å²) in [6, 6.07) is 5.62. The third-order valence-electron chi connectivity index (χ3n) is 2.78. The summed E-state index contributed by atoms with van der Waals surface area (Å²) >= 11 is 2.61. The number of carbonyl (C=O) groups is 1. The third-order valence-corrected chi connectivity index (χ3v) is 5.73. The van der Waals surface area contributed by atoms with Gasteiger partial charge in [-0.25, -0.2) is 13.6 Å². The summed E-state index contributed by atoms with van der Waals surface area (Å²) in [5.74, 6) is -0.0821. The molecule has 12 heteroatoms. The van der Waals surface area contributed by atoms with E-state index in [1.807, 2.05) is 0 Å². The molecule has 136 valence electrons. The smallest absolute Gasteiger partial charge is 0.238 e. The Labute approximate surface area is 153 Å². The van der Waals surface area contributed by atoms with E-state index in [2.05, 4.69) is 20.8 Å². The highest BCUT2D eigenvalue weighted by atomic mass is 32.2. The summed E-state index contributed by atoms with van der Waals surface area (Å²) in [6.07, 6.45) is 0. The summed E-state index contributed by atoms with van der Waals surface area (Å²) in [6.45, 7) is 1.19. The lowest BCUT2D eigenvalue weighted by Crippen LogP contribution is -2.15. The van der Waals surface area contributed by atoms with Crippen LogP contribution >= 0.6 is 23.1 Å². The molecule has 2 aromatic rings. The summed E-state index contributed by atoms with van der Waals surface area (Å²) in [5.41, 5.74) is 0.484. The topological polar surface area (TPSA) is 136 Å². The molecule has 0 saturated carbocycles. The van der Waals surface area contributed by atoms with Crippen molar-refractivity contribution in [1.29, 1.82) is 0 Å². The number of carbonyl (C=O) groups excluding carboxylic acids is 1. The molecule has 1 aromatic heterocycles. The largest absolute Gasteiger partial charge is 0.383 e. The third kappa shape index (κ3) is 6.59. The zero-order valence-corrected chi connectivity index (χ0v) is 15.7. The Morgan fingerprint density at radius 3 is 2.68 bits per heavy atom. The monoisotopic (exact) mass is 403 g/mol. The lowest BCUT2D eigenvalue weighted by molar-refractivity contribution is -0.113. The van der Waals surface area contributed by atoms with E-state index >= 15 is 0 Å². The number of primary sulfonamides is 1. The number of rotatable bonds is 9. The van der Waals surface area contributed by atoms with E-state index in [0.717, 1.165) is 0 Å². The molecule has 1 heterocycles. The number of sulfonamides is 1. The van der Waals surface area contributed by atoms with Crippen LogP contribution in [0.25, 0.3) is 0 Å². The number of nitrogens with zero attached hydrogens (tertiary/aromatic N) is 2. The number of hydrogen-bond acceptors (Lipinski definition) is 9. The Kier molecular flexibility index (Phi) is 7.13. The number of benzene rings is 1. The SMILES string of the molecule is COCCNc1nnc(SCC(=O)Nc2ccc(S(N)(=O)=O)cc2)s1. The number of thioether (sulfide) groups is 1. The Morgan fingerprint density at radius 2 is 2.04 bits per heavy atom. The number of ether oxygens (including phenoxy) is 1. The van der Waals surface area contributed by atoms with Gasteiger partial charge in [-0.1, -0.05) is 23.1 Å². The molecule has 0 bridgehead atoms. The van der Waals surface area contributed by atoms with Crippen LogP contribution in [0, 0.1) is 0 Å². The Balaban J connectivity index is 1.80. The summed E-state index contributed by atoms with van der Waals surface area (Å²) < 4.78 is 27.9. The van der Waals surface area contributed by atoms with Crippen molar-refractivity contribution < 1.29 is 17.9 Å². The van der Waals surface area contributed by atoms with Crippen molar-refractivity contribution in [2.24, 2.45) is 5.14 Å². The average molecular weight is 404 g/mol. The molecular weight excluding hydrogens is 386 g/mol. The van der Waals surface area contributed by atoms with Crippen LogP contribution in [-0.2, 0) is 19.6 Å². The van der Waals surface area contributed by atoms with E-state index in [0.29, 0.717) is 28.3 Å². The van der Waals surface area contributed by atoms with Crippen molar-refractivity contribution in [2.45, 2.75) is 9.24 Å². The second-order valence-corrected chi connectivity index (χ2v) is 8.46. The van der Waals surface area contributed by atoms with Gasteiger partial charge in [0.15, 0.2) is 4.34 Å². The maximum Gasteiger partial charge on any atom is 0.238 e. The highest BCUT2D eigenvalue weighted by molar-refractivity contribution is 8.01. The zero-order valence-electron chi connectivity index (χ0n) is 13.3. The van der Waals surface area contributed by atoms with Crippen molar-refractivity contribution in [3.8, 4) is 0 Å². The molecule has 0 unspecified atom stereocenters. The first-order valence-corrected chi connectivity index (χ1v) is 10.3. The number of nitrogens with two attached hydrogens (primary N) is 1. The van der Waals surface area contributed by atoms with Crippen LogP contribution in [0.2, 0.25) is 0 Å². The number of nitrogens with one attached hydrogen (secondary N) is 2. The van der Waals surface area contributed by atoms with Crippen LogP contribution in [0.3, 0.4) is 0 Å². The predicted octanol–water partition coefficient (Wildman–Crippen LogP) is 0.975. The average Bonchev–Trinajstić information content (AvgIpc) is 3.01. The molecule has 0 spiro atoms. The molecule has 0 radical (unpaired) electrons. The molecule has 25 heavy (non-hydrogen) atoms. The molecule has 0 saturated heterocycles. The molecule has 0 atom stereocenters. The van der Waals surface area contributed by atoms with Crippen LogP contribution in [0.4, 0.5) is 10.8 Å². The van der Waals surface area contributed by atoms with Crippen LogP contribution in [0.1, 0.15) is 0 Å². The van der Waals surface area contributed by atoms with E-state index in [-0.39, 0.29) is 16.6 Å². The predicted molar refractivity (Wildman–Crippen MR) is 97.4 cm³/mol. The van der Waals surface area contributed by atoms with E-state index in [1.54, 1.807) is 7.11 Å². The van der Waals surface area contributed by atoms with Gasteiger partial charge in [0.1, 0.15) is 0 Å². The second-order valence-electron chi connectivity index (χ2n) is 4.70. The van der Waals surface area contributed by atoms with Gasteiger partial charge in [0, 0.05) is 19.3 Å². The van der Waals surface area contributed by atoms with Crippen molar-refractivity contribution in [3.05, 3.63) is 24.3 Å². The van der Waals surface area contributed by atoms with Gasteiger partial charge in [0.25, 0.3) is 0 Å². The number of amides is 1. The molecule has 1 aromatic carbocycles. The zero-order chi connectivity index (χ0) is 18.3. The van der Waals surface area contributed by atoms with Gasteiger partial charge in [-0.15, -0.1) is 10.2 Å². The van der Waals surface area contributed by atoms with Gasteiger partial charge >= 0.3 is 0 Å². The van der Waals surface area contributed by atoms with Crippen LogP contribution in [0.15, 0.2) is 33.5 Å². The van der Waals surface area contributed by atoms with Crippen molar-refractivity contribution in [3.63, 3.8) is 0 Å². The van der Waals surface area contributed by atoms with E-state index in [1.165, 1.54) is 47.4 Å². The molecule has 0 fully saturated rings. The van der Waals surface area contributed by atoms with Crippen molar-refractivity contribution >= 4 is 49.8 Å². The fourth-order valence-corrected chi connectivity index (χ4v) is 3.74. The molecule has 0 aliphatic carbocycles. The van der Waals surface area contributed by atoms with Crippen molar-refractivity contribution in [2.75, 3.05) is 36.6 Å². The number of anilines is 2. The Morgan fingerprint density at radius 1 is 1.32 bits per heavy atom. The first-order valence-electron chi connectivity index (χ1n) is 7.00. The van der Waals surface area contributed by atoms with Crippen LogP contribution in [0.5, 0.6) is 0 Å². The normalized spacial score (nSPS) is 11.3. The maximum atomic E-state index is 11.9. The van der Waals surface area contributed by atoms with E-state index in [4.69, 9.17) is 9.88 Å². The van der Waals surface area contributed by atoms with Gasteiger partial charge < -0.3 is 15.4 Å². The molecular formula is C13H17N5O4S3. The van der Waals surface area contributed by atoms with Gasteiger partial charge in [-0.2, -0.15) is 0 Å². The Bertz CT molecular complexity index is 807. The first-order chi connectivity index (χ1) is 11.9. The number of aromatic nitrogens is 2. The van der Waals surface area contributed by atoms with Crippen molar-refractivity contribution in [1.82, 2.24) is 10.2 Å². The maximum absolute atomic E-state index is 11.9. The standard InChI is InChI=1S/C13H17N5O4S3/c1-22-7-6-15-12-17-18-13(24-12)23-8-11(19)16-9-2-4-10(5-3-9)25(14,20)21/h2-5H,6-8H2,1H3,(H,15,17)(H,16,19)(H2,14,20,21). The van der Waals surface area contributed by atoms with Crippen LogP contribution in [-0.4, -0.2) is 50.5 Å². The highest BCUT2D eigenvalue weighted by Crippen LogP contribution is 2.25. The minimum Gasteiger partial charge on any atom is -0.383 e. The highest BCUT2D eigenvalue weighted by Gasteiger charge is 2.10. The quantitative estimate of drug-likeness (QED) is 0.416. The van der Waals surface area contributed by atoms with Gasteiger partial charge in [0.05, 0.1) is 17.3 Å². The molecule has 0 aliphatic rings. The summed E-state index contributed by atoms with van der Waals surface area (Å²) in [5, 5.41) is 19.4. The summed E-state index contributed by atoms with van der Waals surface area (Å²) in [7, 11) is -2.13. The lowest BCUT2D eigenvalue weighted by atomic mass is 10.3. The second kappa shape index (κ2) is 9.10. The molecule has 9 nitrogen and oxygen atoms in total. The van der Waals surface area contributed by atoms with Gasteiger partial charge in [-0.3, -0.25) is 4.79 Å². The molecule has 2 rings (SSSR count). The lowest BCUT2D eigenvalue weighted by Gasteiger charge is -2.05. The number of methoxy groups -OCH3 is 1. The number of hydrogen-bond donors (Lipinski definition) is 3. The van der Waals surface area contributed by atoms with Gasteiger partial charge in [-0.05, 0) is 24.3 Å². The van der Waals surface area contributed by atoms with E-state index in [9.17, 15) is 13.2 Å². The fraction of sp³-hybridized carbons (Fsp3) is 0.308. The molecule has 1 amide bonds. The first kappa shape index (κ1) is 19.6. The molecule has 4 N–H and O–H groups in total. The van der Waals surface area contributed by atoms with E-state index < -0.39 is 10.0 Å². The summed E-state index contributed by atoms with van der Waals surface area (Å²) in [4.78, 5) is 11.9. The molecule has 0 aliphatic heterocycles. The van der Waals surface area contributed by atoms with Crippen LogP contribution < -0.4 is 15.8 Å². The van der Waals surface area contributed by atoms with Gasteiger partial charge in [0.2, 0.25) is 21.1 Å². The fourth-order valence-electron chi connectivity index (χ4n) is 1.65. The Hall–Kier alpha value is -1.73.